The van der Waals surface area contributed by atoms with Crippen molar-refractivity contribution in [2.45, 2.75) is 96.9 Å². The van der Waals surface area contributed by atoms with Crippen LogP contribution in [0.1, 0.15) is 66.7 Å². The second kappa shape index (κ2) is 17.0. The number of hydrogen-bond acceptors (Lipinski definition) is 8. The molecule has 5 atom stereocenters. The van der Waals surface area contributed by atoms with Crippen LogP contribution in [0.3, 0.4) is 0 Å². The van der Waals surface area contributed by atoms with Crippen LogP contribution in [-0.2, 0) is 33.6 Å². The van der Waals surface area contributed by atoms with Crippen LogP contribution in [0.25, 0.3) is 0 Å². The van der Waals surface area contributed by atoms with E-state index in [1.165, 1.54) is 6.92 Å². The van der Waals surface area contributed by atoms with Gasteiger partial charge in [-0.25, -0.2) is 0 Å². The second-order valence-corrected chi connectivity index (χ2v) is 10.2. The highest BCUT2D eigenvalue weighted by Crippen LogP contribution is 2.09. The van der Waals surface area contributed by atoms with Crippen LogP contribution in [0.5, 0.6) is 0 Å². The van der Waals surface area contributed by atoms with Gasteiger partial charge < -0.3 is 42.9 Å². The summed E-state index contributed by atoms with van der Waals surface area (Å²) in [5.74, 6) is -6.95. The van der Waals surface area contributed by atoms with Gasteiger partial charge in [0.15, 0.2) is 0 Å². The Hall–Kier alpha value is -3.75. The monoisotopic (exact) mass is 558 g/mol. The van der Waals surface area contributed by atoms with Gasteiger partial charge in [0.25, 0.3) is 0 Å². The molecule has 0 fully saturated rings. The number of nitrogens with one attached hydrogen (secondary N) is 4. The van der Waals surface area contributed by atoms with Crippen molar-refractivity contribution in [2.75, 3.05) is 0 Å². The zero-order chi connectivity index (χ0) is 30.4. The summed E-state index contributed by atoms with van der Waals surface area (Å²) in [6.45, 7) is 8.31. The number of carbonyl (C=O) groups excluding carboxylic acids is 5. The molecule has 0 aliphatic carbocycles. The van der Waals surface area contributed by atoms with Gasteiger partial charge in [-0.1, -0.05) is 27.7 Å². The van der Waals surface area contributed by atoms with Crippen LogP contribution in [0.4, 0.5) is 0 Å². The van der Waals surface area contributed by atoms with Crippen molar-refractivity contribution in [1.82, 2.24) is 21.3 Å². The number of carboxylic acids is 2. The van der Waals surface area contributed by atoms with Gasteiger partial charge in [-0.15, -0.1) is 0 Å². The van der Waals surface area contributed by atoms with E-state index in [-0.39, 0.29) is 37.5 Å². The first-order valence-electron chi connectivity index (χ1n) is 12.6. The molecule has 222 valence electrons. The Bertz CT molecular complexity index is 909. The summed E-state index contributed by atoms with van der Waals surface area (Å²) in [5.41, 5.74) is 10.8. The van der Waals surface area contributed by atoms with Gasteiger partial charge in [0.1, 0.15) is 24.2 Å². The fraction of sp³-hybridized carbons (Fsp3) is 0.708. The lowest BCUT2D eigenvalue weighted by Crippen LogP contribution is -2.59. The SMILES string of the molecule is CC(C)CC(NC(=O)C(N)CCC(N)=O)C(=O)NC(CC(=O)O)C(=O)NC(CC(C)C)C(=O)NC(C)C(=O)O. The van der Waals surface area contributed by atoms with E-state index in [0.717, 1.165) is 0 Å². The topological polar surface area (TPSA) is 260 Å². The third-order valence-electron chi connectivity index (χ3n) is 5.46. The summed E-state index contributed by atoms with van der Waals surface area (Å²) in [7, 11) is 0. The molecule has 0 heterocycles. The average Bonchev–Trinajstić information content (AvgIpc) is 2.79. The minimum absolute atomic E-state index is 0.0545. The third kappa shape index (κ3) is 14.7. The van der Waals surface area contributed by atoms with E-state index in [9.17, 15) is 38.7 Å². The maximum atomic E-state index is 13.1. The molecule has 0 rings (SSSR count). The first-order valence-corrected chi connectivity index (χ1v) is 12.6. The molecular formula is C24H42N6O9. The van der Waals surface area contributed by atoms with Crippen molar-refractivity contribution in [1.29, 1.82) is 0 Å². The molecule has 0 saturated heterocycles. The van der Waals surface area contributed by atoms with Crippen LogP contribution in [0, 0.1) is 11.8 Å². The van der Waals surface area contributed by atoms with E-state index in [2.05, 4.69) is 21.3 Å². The number of aliphatic carboxylic acids is 2. The summed E-state index contributed by atoms with van der Waals surface area (Å²) in [6.07, 6.45) is -0.812. The fourth-order valence-corrected chi connectivity index (χ4v) is 3.42. The first-order chi connectivity index (χ1) is 17.9. The highest BCUT2D eigenvalue weighted by Gasteiger charge is 2.32. The molecule has 15 nitrogen and oxygen atoms in total. The number of rotatable bonds is 18. The van der Waals surface area contributed by atoms with E-state index in [1.54, 1.807) is 27.7 Å². The Morgan fingerprint density at radius 3 is 1.49 bits per heavy atom. The maximum Gasteiger partial charge on any atom is 0.325 e. The zero-order valence-electron chi connectivity index (χ0n) is 23.0. The van der Waals surface area contributed by atoms with Gasteiger partial charge in [-0.3, -0.25) is 33.6 Å². The van der Waals surface area contributed by atoms with Crippen LogP contribution < -0.4 is 32.7 Å². The minimum Gasteiger partial charge on any atom is -0.481 e. The molecule has 10 N–H and O–H groups in total. The van der Waals surface area contributed by atoms with Crippen LogP contribution in [0.2, 0.25) is 0 Å². The molecule has 0 aromatic heterocycles. The Morgan fingerprint density at radius 1 is 0.667 bits per heavy atom. The number of hydrogen-bond donors (Lipinski definition) is 8. The van der Waals surface area contributed by atoms with Crippen LogP contribution in [-0.4, -0.2) is 81.9 Å². The van der Waals surface area contributed by atoms with Gasteiger partial charge >= 0.3 is 11.9 Å². The predicted molar refractivity (Wildman–Crippen MR) is 139 cm³/mol. The molecule has 0 aromatic rings. The molecule has 5 amide bonds. The number of nitrogens with two attached hydrogens (primary N) is 2. The summed E-state index contributed by atoms with van der Waals surface area (Å²) in [5, 5.41) is 27.8. The summed E-state index contributed by atoms with van der Waals surface area (Å²) < 4.78 is 0. The summed E-state index contributed by atoms with van der Waals surface area (Å²) in [6, 6.07) is -6.39. The Labute approximate surface area is 227 Å². The van der Waals surface area contributed by atoms with Gasteiger partial charge in [-0.2, -0.15) is 0 Å². The van der Waals surface area contributed by atoms with Crippen molar-refractivity contribution in [3.8, 4) is 0 Å². The second-order valence-electron chi connectivity index (χ2n) is 10.2. The van der Waals surface area contributed by atoms with Crippen LogP contribution in [0.15, 0.2) is 0 Å². The molecular weight excluding hydrogens is 516 g/mol. The molecule has 0 saturated carbocycles. The number of amides is 5. The highest BCUT2D eigenvalue weighted by molar-refractivity contribution is 5.96. The van der Waals surface area contributed by atoms with Crippen molar-refractivity contribution in [2.24, 2.45) is 23.3 Å². The van der Waals surface area contributed by atoms with E-state index >= 15 is 0 Å². The van der Waals surface area contributed by atoms with Gasteiger partial charge in [0.05, 0.1) is 12.5 Å². The van der Waals surface area contributed by atoms with Crippen molar-refractivity contribution >= 4 is 41.5 Å². The van der Waals surface area contributed by atoms with Gasteiger partial charge in [-0.05, 0) is 38.0 Å². The van der Waals surface area contributed by atoms with E-state index in [1.807, 2.05) is 0 Å². The average molecular weight is 559 g/mol. The highest BCUT2D eigenvalue weighted by atomic mass is 16.4. The van der Waals surface area contributed by atoms with E-state index in [4.69, 9.17) is 16.6 Å². The molecule has 15 heteroatoms. The summed E-state index contributed by atoms with van der Waals surface area (Å²) in [4.78, 5) is 84.7. The Kier molecular flexibility index (Phi) is 15.3. The van der Waals surface area contributed by atoms with Crippen molar-refractivity contribution in [3.63, 3.8) is 0 Å². The third-order valence-corrected chi connectivity index (χ3v) is 5.46. The first kappa shape index (κ1) is 35.2. The molecule has 39 heavy (non-hydrogen) atoms. The molecule has 0 aromatic carbocycles. The quantitative estimate of drug-likeness (QED) is 0.0934. The minimum atomic E-state index is -1.62. The smallest absolute Gasteiger partial charge is 0.325 e. The Balaban J connectivity index is 5.74. The van der Waals surface area contributed by atoms with E-state index in [0.29, 0.717) is 0 Å². The van der Waals surface area contributed by atoms with Gasteiger partial charge in [0.2, 0.25) is 29.5 Å². The molecule has 0 aliphatic rings. The summed E-state index contributed by atoms with van der Waals surface area (Å²) >= 11 is 0. The lowest BCUT2D eigenvalue weighted by molar-refractivity contribution is -0.143. The standard InChI is InChI=1S/C24H42N6O9/c1-11(2)8-15(21(35)27-13(5)24(38)39)29-23(37)17(10-19(32)33)30-22(36)16(9-12(3)4)28-20(34)14(25)6-7-18(26)31/h11-17H,6-10,25H2,1-5H3,(H2,26,31)(H,27,35)(H,28,34)(H,29,37)(H,30,36)(H,32,33)(H,38,39). The zero-order valence-corrected chi connectivity index (χ0v) is 23.0. The van der Waals surface area contributed by atoms with Crippen molar-refractivity contribution < 1.29 is 43.8 Å². The number of carbonyl (C=O) groups is 7. The molecule has 5 unspecified atom stereocenters. The molecule has 0 bridgehead atoms. The van der Waals surface area contributed by atoms with Gasteiger partial charge in [0, 0.05) is 6.42 Å². The predicted octanol–water partition coefficient (Wildman–Crippen LogP) is -1.81. The lowest BCUT2D eigenvalue weighted by Gasteiger charge is -2.26. The normalized spacial score (nSPS) is 14.9. The van der Waals surface area contributed by atoms with Crippen LogP contribution >= 0.6 is 0 Å². The van der Waals surface area contributed by atoms with E-state index < -0.39 is 78.1 Å². The lowest BCUT2D eigenvalue weighted by atomic mass is 10.0. The molecule has 0 radical (unpaired) electrons. The fourth-order valence-electron chi connectivity index (χ4n) is 3.42. The van der Waals surface area contributed by atoms with Crippen molar-refractivity contribution in [3.05, 3.63) is 0 Å². The number of carboxylic acid groups (broad SMARTS) is 2. The Morgan fingerprint density at radius 2 is 1.08 bits per heavy atom. The molecule has 0 spiro atoms. The largest absolute Gasteiger partial charge is 0.481 e. The number of primary amides is 1. The molecule has 0 aliphatic heterocycles. The maximum absolute atomic E-state index is 13.1.